The molecule has 0 aliphatic rings. The largest absolute Gasteiger partial charge is 0.330 e. The predicted molar refractivity (Wildman–Crippen MR) is 99.3 cm³/mol. The second-order valence-corrected chi connectivity index (χ2v) is 8.30. The Morgan fingerprint density at radius 3 is 1.04 bits per heavy atom. The highest BCUT2D eigenvalue weighted by atomic mass is 32.2. The monoisotopic (exact) mass is 349 g/mol. The van der Waals surface area contributed by atoms with E-state index < -0.39 is 10.1 Å². The molecule has 0 saturated carbocycles. The molecule has 23 heavy (non-hydrogen) atoms. The fraction of sp³-hybridized carbons (Fsp3) is 1.00. The molecule has 0 unspecified atom stereocenters. The van der Waals surface area contributed by atoms with Gasteiger partial charge in [0.25, 0.3) is 10.1 Å². The van der Waals surface area contributed by atoms with Crippen molar-refractivity contribution in [3.63, 3.8) is 0 Å². The SMILES string of the molecule is NCCCCCCCCCCCCCCCCCCS(=O)(=O)O. The van der Waals surface area contributed by atoms with Gasteiger partial charge in [-0.2, -0.15) is 8.42 Å². The zero-order valence-corrected chi connectivity index (χ0v) is 15.8. The lowest BCUT2D eigenvalue weighted by atomic mass is 10.0. The van der Waals surface area contributed by atoms with E-state index in [9.17, 15) is 8.42 Å². The van der Waals surface area contributed by atoms with Gasteiger partial charge in [-0.25, -0.2) is 0 Å². The van der Waals surface area contributed by atoms with Crippen LogP contribution in [0.4, 0.5) is 0 Å². The Balaban J connectivity index is 3.03. The molecule has 140 valence electrons. The molecule has 0 bridgehead atoms. The van der Waals surface area contributed by atoms with E-state index >= 15 is 0 Å². The maximum Gasteiger partial charge on any atom is 0.264 e. The summed E-state index contributed by atoms with van der Waals surface area (Å²) in [6.07, 6.45) is 19.7. The minimum Gasteiger partial charge on any atom is -0.330 e. The van der Waals surface area contributed by atoms with Crippen molar-refractivity contribution < 1.29 is 13.0 Å². The highest BCUT2D eigenvalue weighted by Crippen LogP contribution is 2.13. The highest BCUT2D eigenvalue weighted by molar-refractivity contribution is 7.85. The van der Waals surface area contributed by atoms with Gasteiger partial charge in [-0.05, 0) is 19.4 Å². The fourth-order valence-corrected chi connectivity index (χ4v) is 3.47. The number of unbranched alkanes of at least 4 members (excludes halogenated alkanes) is 15. The summed E-state index contributed by atoms with van der Waals surface area (Å²) < 4.78 is 29.7. The summed E-state index contributed by atoms with van der Waals surface area (Å²) in [6, 6.07) is 0. The highest BCUT2D eigenvalue weighted by Gasteiger charge is 2.02. The lowest BCUT2D eigenvalue weighted by molar-refractivity contribution is 0.478. The van der Waals surface area contributed by atoms with Crippen molar-refractivity contribution in [1.82, 2.24) is 0 Å². The Morgan fingerprint density at radius 1 is 0.522 bits per heavy atom. The molecular weight excluding hydrogens is 310 g/mol. The van der Waals surface area contributed by atoms with Crippen molar-refractivity contribution in [1.29, 1.82) is 0 Å². The van der Waals surface area contributed by atoms with Gasteiger partial charge in [0.15, 0.2) is 0 Å². The Labute approximate surface area is 144 Å². The second-order valence-electron chi connectivity index (χ2n) is 6.73. The molecule has 0 fully saturated rings. The molecule has 0 rings (SSSR count). The summed E-state index contributed by atoms with van der Waals surface area (Å²) in [4.78, 5) is 0. The van der Waals surface area contributed by atoms with Crippen molar-refractivity contribution in [2.75, 3.05) is 12.3 Å². The van der Waals surface area contributed by atoms with Crippen LogP contribution in [0.15, 0.2) is 0 Å². The Kier molecular flexibility index (Phi) is 16.6. The molecule has 0 radical (unpaired) electrons. The van der Waals surface area contributed by atoms with Crippen molar-refractivity contribution in [2.45, 2.75) is 103 Å². The zero-order valence-electron chi connectivity index (χ0n) is 15.0. The zero-order chi connectivity index (χ0) is 17.2. The first-order chi connectivity index (χ1) is 11.1. The van der Waals surface area contributed by atoms with E-state index in [4.69, 9.17) is 10.3 Å². The van der Waals surface area contributed by atoms with Gasteiger partial charge >= 0.3 is 0 Å². The van der Waals surface area contributed by atoms with E-state index in [1.807, 2.05) is 0 Å². The van der Waals surface area contributed by atoms with E-state index in [0.717, 1.165) is 19.4 Å². The van der Waals surface area contributed by atoms with Crippen molar-refractivity contribution >= 4 is 10.1 Å². The smallest absolute Gasteiger partial charge is 0.264 e. The first kappa shape index (κ1) is 22.9. The standard InChI is InChI=1S/C18H39NO3S/c19-17-15-13-11-9-7-5-3-1-2-4-6-8-10-12-14-16-18-23(20,21)22/h1-19H2,(H,20,21,22). The second kappa shape index (κ2) is 16.7. The first-order valence-electron chi connectivity index (χ1n) is 9.71. The maximum atomic E-state index is 10.5. The van der Waals surface area contributed by atoms with Crippen LogP contribution in [0.1, 0.15) is 103 Å². The summed E-state index contributed by atoms with van der Waals surface area (Å²) >= 11 is 0. The Morgan fingerprint density at radius 2 is 0.783 bits per heavy atom. The van der Waals surface area contributed by atoms with Crippen LogP contribution < -0.4 is 5.73 Å². The molecule has 0 aliphatic heterocycles. The molecule has 5 heteroatoms. The maximum absolute atomic E-state index is 10.5. The quantitative estimate of drug-likeness (QED) is 0.267. The molecule has 0 amide bonds. The molecule has 0 atom stereocenters. The molecule has 0 aromatic rings. The van der Waals surface area contributed by atoms with E-state index in [0.29, 0.717) is 6.42 Å². The molecule has 0 aliphatic carbocycles. The molecule has 0 aromatic heterocycles. The first-order valence-corrected chi connectivity index (χ1v) is 11.3. The Bertz CT molecular complexity index is 331. The minimum atomic E-state index is -3.75. The van der Waals surface area contributed by atoms with Gasteiger partial charge in [-0.1, -0.05) is 89.9 Å². The lowest BCUT2D eigenvalue weighted by Crippen LogP contribution is -2.03. The predicted octanol–water partition coefficient (Wildman–Crippen LogP) is 5.07. The van der Waals surface area contributed by atoms with Crippen molar-refractivity contribution in [3.05, 3.63) is 0 Å². The Hall–Kier alpha value is -0.130. The average Bonchev–Trinajstić information content (AvgIpc) is 2.49. The third kappa shape index (κ3) is 21.9. The number of hydrogen-bond acceptors (Lipinski definition) is 3. The van der Waals surface area contributed by atoms with Crippen LogP contribution in [0, 0.1) is 0 Å². The van der Waals surface area contributed by atoms with Gasteiger partial charge in [-0.3, -0.25) is 4.55 Å². The van der Waals surface area contributed by atoms with E-state index in [1.54, 1.807) is 0 Å². The van der Waals surface area contributed by atoms with Crippen molar-refractivity contribution in [2.24, 2.45) is 5.73 Å². The molecule has 0 heterocycles. The molecular formula is C18H39NO3S. The van der Waals surface area contributed by atoms with Gasteiger partial charge < -0.3 is 5.73 Å². The van der Waals surface area contributed by atoms with Gasteiger partial charge in [0.2, 0.25) is 0 Å². The summed E-state index contributed by atoms with van der Waals surface area (Å²) in [6.45, 7) is 0.838. The summed E-state index contributed by atoms with van der Waals surface area (Å²) in [5.74, 6) is -0.0833. The number of hydrogen-bond donors (Lipinski definition) is 2. The van der Waals surface area contributed by atoms with Crippen LogP contribution in [0.5, 0.6) is 0 Å². The van der Waals surface area contributed by atoms with Gasteiger partial charge in [0.1, 0.15) is 0 Å². The van der Waals surface area contributed by atoms with Crippen LogP contribution in [-0.2, 0) is 10.1 Å². The molecule has 0 saturated heterocycles. The normalized spacial score (nSPS) is 11.9. The van der Waals surface area contributed by atoms with Crippen LogP contribution >= 0.6 is 0 Å². The van der Waals surface area contributed by atoms with Crippen LogP contribution in [-0.4, -0.2) is 25.3 Å². The van der Waals surface area contributed by atoms with Crippen LogP contribution in [0.2, 0.25) is 0 Å². The van der Waals surface area contributed by atoms with E-state index in [-0.39, 0.29) is 5.75 Å². The van der Waals surface area contributed by atoms with E-state index in [1.165, 1.54) is 83.5 Å². The summed E-state index contributed by atoms with van der Waals surface area (Å²) in [7, 11) is -3.75. The molecule has 4 nitrogen and oxygen atoms in total. The number of nitrogens with two attached hydrogens (primary N) is 1. The third-order valence-electron chi connectivity index (χ3n) is 4.36. The van der Waals surface area contributed by atoms with Crippen LogP contribution in [0.25, 0.3) is 0 Å². The van der Waals surface area contributed by atoms with Crippen molar-refractivity contribution in [3.8, 4) is 0 Å². The van der Waals surface area contributed by atoms with Gasteiger partial charge in [0.05, 0.1) is 5.75 Å². The summed E-state index contributed by atoms with van der Waals surface area (Å²) in [5.41, 5.74) is 5.47. The van der Waals surface area contributed by atoms with Crippen LogP contribution in [0.3, 0.4) is 0 Å². The van der Waals surface area contributed by atoms with E-state index in [2.05, 4.69) is 0 Å². The topological polar surface area (TPSA) is 80.4 Å². The van der Waals surface area contributed by atoms with Gasteiger partial charge in [-0.15, -0.1) is 0 Å². The van der Waals surface area contributed by atoms with Gasteiger partial charge in [0, 0.05) is 0 Å². The molecule has 3 N–H and O–H groups in total. The fourth-order valence-electron chi connectivity index (χ4n) is 2.90. The third-order valence-corrected chi connectivity index (χ3v) is 5.16. The molecule has 0 aromatic carbocycles. The lowest BCUT2D eigenvalue weighted by Gasteiger charge is -2.03. The minimum absolute atomic E-state index is 0.0833. The molecule has 0 spiro atoms. The number of rotatable bonds is 18. The summed E-state index contributed by atoms with van der Waals surface area (Å²) in [5, 5.41) is 0. The average molecular weight is 350 g/mol.